The largest absolute Gasteiger partial charge is 0.339 e. The van der Waals surface area contributed by atoms with Crippen molar-refractivity contribution in [2.45, 2.75) is 18.8 Å². The lowest BCUT2D eigenvalue weighted by atomic mass is 9.97. The number of aromatic nitrogens is 2. The summed E-state index contributed by atoms with van der Waals surface area (Å²) in [6.07, 6.45) is 1.73. The molecule has 1 aromatic heterocycles. The van der Waals surface area contributed by atoms with Crippen molar-refractivity contribution >= 4 is 40.7 Å². The molecule has 8 heteroatoms. The van der Waals surface area contributed by atoms with E-state index in [0.717, 1.165) is 18.4 Å². The van der Waals surface area contributed by atoms with E-state index in [1.54, 1.807) is 35.2 Å². The van der Waals surface area contributed by atoms with Crippen molar-refractivity contribution in [1.29, 1.82) is 0 Å². The zero-order valence-corrected chi connectivity index (χ0v) is 17.0. The van der Waals surface area contributed by atoms with Crippen molar-refractivity contribution in [2.75, 3.05) is 13.1 Å². The van der Waals surface area contributed by atoms with Gasteiger partial charge in [0.1, 0.15) is 0 Å². The van der Waals surface area contributed by atoms with Crippen LogP contribution in [-0.2, 0) is 0 Å². The molecule has 0 N–H and O–H groups in total. The van der Waals surface area contributed by atoms with Gasteiger partial charge in [-0.1, -0.05) is 52.1 Å². The van der Waals surface area contributed by atoms with Gasteiger partial charge in [-0.15, -0.1) is 0 Å². The van der Waals surface area contributed by atoms with Gasteiger partial charge in [-0.3, -0.25) is 4.79 Å². The van der Waals surface area contributed by atoms with E-state index in [0.29, 0.717) is 45.4 Å². The van der Waals surface area contributed by atoms with Crippen LogP contribution in [0.3, 0.4) is 0 Å². The summed E-state index contributed by atoms with van der Waals surface area (Å²) in [7, 11) is 0. The van der Waals surface area contributed by atoms with Gasteiger partial charge < -0.3 is 9.42 Å². The molecule has 0 radical (unpaired) electrons. The van der Waals surface area contributed by atoms with E-state index in [9.17, 15) is 4.79 Å². The Bertz CT molecular complexity index is 1020. The monoisotopic (exact) mass is 435 g/mol. The maximum Gasteiger partial charge on any atom is 0.253 e. The average molecular weight is 437 g/mol. The summed E-state index contributed by atoms with van der Waals surface area (Å²) >= 11 is 18.0. The molecule has 1 atom stereocenters. The molecule has 28 heavy (non-hydrogen) atoms. The molecule has 144 valence electrons. The van der Waals surface area contributed by atoms with Crippen molar-refractivity contribution in [1.82, 2.24) is 15.0 Å². The Morgan fingerprint density at radius 2 is 1.96 bits per heavy atom. The average Bonchev–Trinajstić information content (AvgIpc) is 3.20. The van der Waals surface area contributed by atoms with Crippen molar-refractivity contribution in [3.63, 3.8) is 0 Å². The Morgan fingerprint density at radius 3 is 2.75 bits per heavy atom. The minimum atomic E-state index is -0.0853. The van der Waals surface area contributed by atoms with E-state index in [-0.39, 0.29) is 11.8 Å². The first-order chi connectivity index (χ1) is 13.5. The minimum Gasteiger partial charge on any atom is -0.339 e. The highest BCUT2D eigenvalue weighted by Crippen LogP contribution is 2.30. The molecule has 5 nitrogen and oxygen atoms in total. The molecule has 1 saturated heterocycles. The smallest absolute Gasteiger partial charge is 0.253 e. The predicted molar refractivity (Wildman–Crippen MR) is 109 cm³/mol. The van der Waals surface area contributed by atoms with E-state index >= 15 is 0 Å². The Morgan fingerprint density at radius 1 is 1.11 bits per heavy atom. The molecule has 0 spiro atoms. The number of carbonyl (C=O) groups excluding carboxylic acids is 1. The van der Waals surface area contributed by atoms with Gasteiger partial charge in [0.15, 0.2) is 0 Å². The van der Waals surface area contributed by atoms with Crippen LogP contribution in [-0.4, -0.2) is 34.0 Å². The van der Waals surface area contributed by atoms with Crippen LogP contribution in [0.2, 0.25) is 15.1 Å². The van der Waals surface area contributed by atoms with Crippen molar-refractivity contribution < 1.29 is 9.32 Å². The van der Waals surface area contributed by atoms with Gasteiger partial charge in [0.2, 0.25) is 11.7 Å². The van der Waals surface area contributed by atoms with Crippen molar-refractivity contribution in [2.24, 2.45) is 0 Å². The van der Waals surface area contributed by atoms with Crippen LogP contribution in [0.15, 0.2) is 47.0 Å². The Labute approximate surface area is 177 Å². The van der Waals surface area contributed by atoms with Crippen LogP contribution in [0.4, 0.5) is 0 Å². The van der Waals surface area contributed by atoms with Crippen LogP contribution in [0.1, 0.15) is 35.0 Å². The minimum absolute atomic E-state index is 0.0130. The molecular formula is C20H16Cl3N3O2. The van der Waals surface area contributed by atoms with E-state index in [1.165, 1.54) is 0 Å². The molecule has 0 aliphatic carbocycles. The molecule has 4 rings (SSSR count). The number of rotatable bonds is 3. The predicted octanol–water partition coefficient (Wildman–Crippen LogP) is 5.72. The van der Waals surface area contributed by atoms with Crippen molar-refractivity contribution in [3.8, 4) is 11.4 Å². The number of piperidine rings is 1. The van der Waals surface area contributed by atoms with E-state index in [2.05, 4.69) is 10.1 Å². The van der Waals surface area contributed by atoms with Gasteiger partial charge in [-0.25, -0.2) is 0 Å². The fourth-order valence-electron chi connectivity index (χ4n) is 3.32. The quantitative estimate of drug-likeness (QED) is 0.527. The van der Waals surface area contributed by atoms with E-state index < -0.39 is 0 Å². The highest BCUT2D eigenvalue weighted by molar-refractivity contribution is 6.42. The molecular weight excluding hydrogens is 421 g/mol. The molecule has 1 amide bonds. The fourth-order valence-corrected chi connectivity index (χ4v) is 3.81. The van der Waals surface area contributed by atoms with E-state index in [4.69, 9.17) is 39.3 Å². The van der Waals surface area contributed by atoms with Crippen LogP contribution < -0.4 is 0 Å². The third-order valence-corrected chi connectivity index (χ3v) is 5.72. The van der Waals surface area contributed by atoms with Gasteiger partial charge in [0.25, 0.3) is 5.91 Å². The summed E-state index contributed by atoms with van der Waals surface area (Å²) in [6, 6.07) is 12.2. The zero-order valence-electron chi connectivity index (χ0n) is 14.7. The molecule has 1 fully saturated rings. The maximum atomic E-state index is 12.8. The molecule has 1 unspecified atom stereocenters. The standard InChI is InChI=1S/C20H16Cl3N3O2/c21-15-5-1-3-12(9-15)18-24-19(28-25-18)14-4-2-8-26(11-14)20(27)13-6-7-16(22)17(23)10-13/h1,3,5-7,9-10,14H,2,4,8,11H2. The summed E-state index contributed by atoms with van der Waals surface area (Å²) in [5.41, 5.74) is 1.31. The number of nitrogens with zero attached hydrogens (tertiary/aromatic N) is 3. The Balaban J connectivity index is 1.51. The second-order valence-electron chi connectivity index (χ2n) is 6.69. The molecule has 0 saturated carbocycles. The Kier molecular flexibility index (Phi) is 5.58. The molecule has 2 aromatic carbocycles. The highest BCUT2D eigenvalue weighted by atomic mass is 35.5. The zero-order chi connectivity index (χ0) is 19.7. The van der Waals surface area contributed by atoms with E-state index in [1.807, 2.05) is 12.1 Å². The number of hydrogen-bond acceptors (Lipinski definition) is 4. The van der Waals surface area contributed by atoms with Crippen molar-refractivity contribution in [3.05, 3.63) is 69.0 Å². The maximum absolute atomic E-state index is 12.8. The summed E-state index contributed by atoms with van der Waals surface area (Å²) in [5.74, 6) is 0.922. The molecule has 1 aliphatic heterocycles. The molecule has 3 aromatic rings. The lowest BCUT2D eigenvalue weighted by molar-refractivity contribution is 0.0695. The summed E-state index contributed by atoms with van der Waals surface area (Å²) in [5, 5.41) is 5.47. The van der Waals surface area contributed by atoms with Crippen LogP contribution in [0.25, 0.3) is 11.4 Å². The number of halogens is 3. The lowest BCUT2D eigenvalue weighted by Crippen LogP contribution is -2.39. The molecule has 2 heterocycles. The third-order valence-electron chi connectivity index (χ3n) is 4.75. The first kappa shape index (κ1) is 19.2. The van der Waals surface area contributed by atoms with Crippen LogP contribution in [0, 0.1) is 0 Å². The van der Waals surface area contributed by atoms with Crippen LogP contribution >= 0.6 is 34.8 Å². The van der Waals surface area contributed by atoms with Gasteiger partial charge in [0.05, 0.1) is 16.0 Å². The highest BCUT2D eigenvalue weighted by Gasteiger charge is 2.29. The molecule has 1 aliphatic rings. The topological polar surface area (TPSA) is 59.2 Å². The number of benzene rings is 2. The van der Waals surface area contributed by atoms with Crippen LogP contribution in [0.5, 0.6) is 0 Å². The second-order valence-corrected chi connectivity index (χ2v) is 7.94. The summed E-state index contributed by atoms with van der Waals surface area (Å²) in [4.78, 5) is 19.2. The third kappa shape index (κ3) is 4.02. The SMILES string of the molecule is O=C(c1ccc(Cl)c(Cl)c1)N1CCCC(c2nc(-c3cccc(Cl)c3)no2)C1. The summed E-state index contributed by atoms with van der Waals surface area (Å²) < 4.78 is 5.49. The van der Waals surface area contributed by atoms with Gasteiger partial charge in [-0.05, 0) is 43.2 Å². The molecule has 0 bridgehead atoms. The second kappa shape index (κ2) is 8.11. The fraction of sp³-hybridized carbons (Fsp3) is 0.250. The lowest BCUT2D eigenvalue weighted by Gasteiger charge is -2.31. The normalized spacial score (nSPS) is 17.0. The summed E-state index contributed by atoms with van der Waals surface area (Å²) in [6.45, 7) is 1.18. The number of carbonyl (C=O) groups is 1. The number of likely N-dealkylation sites (tertiary alicyclic amines) is 1. The van der Waals surface area contributed by atoms with Gasteiger partial charge in [0, 0.05) is 29.2 Å². The number of hydrogen-bond donors (Lipinski definition) is 0. The van der Waals surface area contributed by atoms with Gasteiger partial charge in [-0.2, -0.15) is 4.98 Å². The number of amides is 1. The first-order valence-corrected chi connectivity index (χ1v) is 9.98. The Hall–Kier alpha value is -2.08. The first-order valence-electron chi connectivity index (χ1n) is 8.85. The van der Waals surface area contributed by atoms with Gasteiger partial charge >= 0.3 is 0 Å².